The molecule has 2 saturated carbocycles. The molecule has 2 fully saturated rings. The average Bonchev–Trinajstić information content (AvgIpc) is 2.60. The standard InChI is InChI=1S/C15H20N2O/c1-14-6-4-7-15(11-14,9-8-14)17-13(18)12-5-2-3-10-16-12/h2-3,5,10H,4,6-9,11H2,1H3,(H,17,18). The van der Waals surface area contributed by atoms with Crippen LogP contribution in [-0.4, -0.2) is 16.4 Å². The highest BCUT2D eigenvalue weighted by Gasteiger charge is 2.49. The molecule has 2 aliphatic carbocycles. The quantitative estimate of drug-likeness (QED) is 0.869. The monoisotopic (exact) mass is 244 g/mol. The van der Waals surface area contributed by atoms with Gasteiger partial charge >= 0.3 is 0 Å². The van der Waals surface area contributed by atoms with E-state index in [9.17, 15) is 4.79 Å². The average molecular weight is 244 g/mol. The Labute approximate surface area is 108 Å². The Balaban J connectivity index is 1.75. The maximum absolute atomic E-state index is 12.2. The van der Waals surface area contributed by atoms with Crippen LogP contribution in [-0.2, 0) is 0 Å². The smallest absolute Gasteiger partial charge is 0.270 e. The number of hydrogen-bond acceptors (Lipinski definition) is 2. The summed E-state index contributed by atoms with van der Waals surface area (Å²) in [5.74, 6) is -0.0123. The molecule has 96 valence electrons. The minimum absolute atomic E-state index is 0.0123. The molecule has 1 N–H and O–H groups in total. The molecule has 1 heterocycles. The van der Waals surface area contributed by atoms with Gasteiger partial charge in [0, 0.05) is 11.7 Å². The van der Waals surface area contributed by atoms with Crippen LogP contribution >= 0.6 is 0 Å². The number of pyridine rings is 1. The van der Waals surface area contributed by atoms with Gasteiger partial charge in [0.1, 0.15) is 5.69 Å². The van der Waals surface area contributed by atoms with Crippen molar-refractivity contribution in [1.29, 1.82) is 0 Å². The van der Waals surface area contributed by atoms with Gasteiger partial charge in [0.05, 0.1) is 0 Å². The van der Waals surface area contributed by atoms with E-state index in [2.05, 4.69) is 17.2 Å². The van der Waals surface area contributed by atoms with E-state index in [0.29, 0.717) is 11.1 Å². The fraction of sp³-hybridized carbons (Fsp3) is 0.600. The molecule has 1 aromatic heterocycles. The molecule has 2 aliphatic rings. The van der Waals surface area contributed by atoms with Gasteiger partial charge in [0.2, 0.25) is 0 Å². The molecule has 1 amide bonds. The van der Waals surface area contributed by atoms with E-state index in [-0.39, 0.29) is 11.4 Å². The van der Waals surface area contributed by atoms with E-state index in [1.54, 1.807) is 12.3 Å². The van der Waals surface area contributed by atoms with Crippen LogP contribution in [0.1, 0.15) is 55.9 Å². The Morgan fingerprint density at radius 1 is 1.28 bits per heavy atom. The van der Waals surface area contributed by atoms with Crippen molar-refractivity contribution in [2.24, 2.45) is 5.41 Å². The van der Waals surface area contributed by atoms with Gasteiger partial charge < -0.3 is 5.32 Å². The minimum atomic E-state index is -0.0123. The minimum Gasteiger partial charge on any atom is -0.345 e. The number of carbonyl (C=O) groups excluding carboxylic acids is 1. The highest BCUT2D eigenvalue weighted by molar-refractivity contribution is 5.92. The number of rotatable bonds is 2. The first kappa shape index (κ1) is 11.7. The Bertz CT molecular complexity index is 459. The molecule has 3 rings (SSSR count). The summed E-state index contributed by atoms with van der Waals surface area (Å²) < 4.78 is 0. The molecule has 0 aliphatic heterocycles. The second-order valence-corrected chi connectivity index (χ2v) is 6.29. The van der Waals surface area contributed by atoms with Crippen molar-refractivity contribution in [2.75, 3.05) is 0 Å². The van der Waals surface area contributed by atoms with Crippen LogP contribution in [0.15, 0.2) is 24.4 Å². The predicted molar refractivity (Wildman–Crippen MR) is 70.2 cm³/mol. The number of amides is 1. The molecule has 0 aromatic carbocycles. The number of carbonyl (C=O) groups is 1. The maximum atomic E-state index is 12.2. The fourth-order valence-electron chi connectivity index (χ4n) is 3.79. The number of aromatic nitrogens is 1. The molecule has 2 unspecified atom stereocenters. The molecular weight excluding hydrogens is 224 g/mol. The van der Waals surface area contributed by atoms with E-state index in [0.717, 1.165) is 19.3 Å². The first-order valence-electron chi connectivity index (χ1n) is 6.85. The van der Waals surface area contributed by atoms with Gasteiger partial charge in [-0.15, -0.1) is 0 Å². The zero-order valence-electron chi connectivity index (χ0n) is 10.9. The van der Waals surface area contributed by atoms with E-state index in [1.165, 1.54) is 19.3 Å². The van der Waals surface area contributed by atoms with Crippen LogP contribution in [0.2, 0.25) is 0 Å². The summed E-state index contributed by atoms with van der Waals surface area (Å²) in [6, 6.07) is 5.48. The van der Waals surface area contributed by atoms with E-state index >= 15 is 0 Å². The second kappa shape index (κ2) is 4.08. The zero-order valence-corrected chi connectivity index (χ0v) is 10.9. The van der Waals surface area contributed by atoms with Crippen molar-refractivity contribution in [3.63, 3.8) is 0 Å². The molecule has 0 spiro atoms. The number of nitrogens with one attached hydrogen (secondary N) is 1. The molecule has 1 aromatic rings. The number of nitrogens with zero attached hydrogens (tertiary/aromatic N) is 1. The lowest BCUT2D eigenvalue weighted by atomic mass is 9.74. The predicted octanol–water partition coefficient (Wildman–Crippen LogP) is 2.92. The van der Waals surface area contributed by atoms with Crippen LogP contribution in [0.25, 0.3) is 0 Å². The van der Waals surface area contributed by atoms with Gasteiger partial charge in [0.15, 0.2) is 0 Å². The van der Waals surface area contributed by atoms with Crippen LogP contribution in [0, 0.1) is 5.41 Å². The topological polar surface area (TPSA) is 42.0 Å². The molecule has 2 bridgehead atoms. The summed E-state index contributed by atoms with van der Waals surface area (Å²) in [6.07, 6.45) is 8.86. The highest BCUT2D eigenvalue weighted by Crippen LogP contribution is 2.53. The Morgan fingerprint density at radius 3 is 2.94 bits per heavy atom. The summed E-state index contributed by atoms with van der Waals surface area (Å²) >= 11 is 0. The van der Waals surface area contributed by atoms with Crippen molar-refractivity contribution in [2.45, 2.75) is 51.0 Å². The Kier molecular flexibility index (Phi) is 2.65. The van der Waals surface area contributed by atoms with Gasteiger partial charge in [-0.2, -0.15) is 0 Å². The second-order valence-electron chi connectivity index (χ2n) is 6.29. The lowest BCUT2D eigenvalue weighted by Gasteiger charge is -2.38. The van der Waals surface area contributed by atoms with Crippen LogP contribution in [0.3, 0.4) is 0 Å². The van der Waals surface area contributed by atoms with Crippen molar-refractivity contribution in [3.05, 3.63) is 30.1 Å². The molecule has 0 saturated heterocycles. The maximum Gasteiger partial charge on any atom is 0.270 e. The summed E-state index contributed by atoms with van der Waals surface area (Å²) in [4.78, 5) is 16.4. The van der Waals surface area contributed by atoms with E-state index in [4.69, 9.17) is 0 Å². The molecular formula is C15H20N2O. The van der Waals surface area contributed by atoms with Gasteiger partial charge in [-0.1, -0.05) is 19.4 Å². The zero-order chi connectivity index (χ0) is 12.6. The molecule has 3 heteroatoms. The van der Waals surface area contributed by atoms with Gasteiger partial charge in [-0.3, -0.25) is 9.78 Å². The molecule has 2 atom stereocenters. The summed E-state index contributed by atoms with van der Waals surface area (Å²) in [7, 11) is 0. The first-order valence-corrected chi connectivity index (χ1v) is 6.85. The molecule has 0 radical (unpaired) electrons. The van der Waals surface area contributed by atoms with Crippen molar-refractivity contribution < 1.29 is 4.79 Å². The lowest BCUT2D eigenvalue weighted by Crippen LogP contribution is -2.48. The van der Waals surface area contributed by atoms with Crippen LogP contribution in [0.5, 0.6) is 0 Å². The third kappa shape index (κ3) is 2.02. The van der Waals surface area contributed by atoms with Gasteiger partial charge in [-0.25, -0.2) is 0 Å². The third-order valence-electron chi connectivity index (χ3n) is 4.68. The highest BCUT2D eigenvalue weighted by atomic mass is 16.2. The van der Waals surface area contributed by atoms with E-state index in [1.807, 2.05) is 12.1 Å². The third-order valence-corrected chi connectivity index (χ3v) is 4.68. The Morgan fingerprint density at radius 2 is 2.17 bits per heavy atom. The van der Waals surface area contributed by atoms with E-state index < -0.39 is 0 Å². The van der Waals surface area contributed by atoms with Crippen LogP contribution in [0.4, 0.5) is 0 Å². The van der Waals surface area contributed by atoms with Crippen molar-refractivity contribution in [1.82, 2.24) is 10.3 Å². The molecule has 18 heavy (non-hydrogen) atoms. The SMILES string of the molecule is CC12CCCC(NC(=O)c3ccccn3)(CC1)C2. The van der Waals surface area contributed by atoms with Crippen molar-refractivity contribution >= 4 is 5.91 Å². The summed E-state index contributed by atoms with van der Waals surface area (Å²) in [6.45, 7) is 2.36. The lowest BCUT2D eigenvalue weighted by molar-refractivity contribution is 0.0857. The summed E-state index contributed by atoms with van der Waals surface area (Å²) in [5, 5.41) is 3.26. The largest absolute Gasteiger partial charge is 0.345 e. The molecule has 3 nitrogen and oxygen atoms in total. The van der Waals surface area contributed by atoms with Crippen LogP contribution < -0.4 is 5.32 Å². The first-order chi connectivity index (χ1) is 8.61. The summed E-state index contributed by atoms with van der Waals surface area (Å²) in [5.41, 5.74) is 1.03. The van der Waals surface area contributed by atoms with Gasteiger partial charge in [-0.05, 0) is 49.7 Å². The van der Waals surface area contributed by atoms with Crippen molar-refractivity contribution in [3.8, 4) is 0 Å². The number of hydrogen-bond donors (Lipinski definition) is 1. The van der Waals surface area contributed by atoms with Gasteiger partial charge in [0.25, 0.3) is 5.91 Å². The number of fused-ring (bicyclic) bond motifs is 2. The fourth-order valence-corrected chi connectivity index (χ4v) is 3.79. The Hall–Kier alpha value is -1.38. The normalized spacial score (nSPS) is 34.3.